The van der Waals surface area contributed by atoms with Gasteiger partial charge in [-0.25, -0.2) is 9.07 Å². The van der Waals surface area contributed by atoms with E-state index in [1.54, 1.807) is 6.07 Å². The highest BCUT2D eigenvalue weighted by atomic mass is 19.4. The van der Waals surface area contributed by atoms with Gasteiger partial charge in [-0.2, -0.15) is 31.4 Å². The lowest BCUT2D eigenvalue weighted by Gasteiger charge is -2.14. The third-order valence-corrected chi connectivity index (χ3v) is 4.69. The van der Waals surface area contributed by atoms with Crippen LogP contribution in [0, 0.1) is 5.82 Å². The zero-order valence-corrected chi connectivity index (χ0v) is 16.0. The van der Waals surface area contributed by atoms with Crippen molar-refractivity contribution in [2.45, 2.75) is 19.0 Å². The lowest BCUT2D eigenvalue weighted by atomic mass is 10.1. The monoisotopic (exact) mass is 454 g/mol. The number of hydrogen-bond donors (Lipinski definition) is 0. The molecule has 0 fully saturated rings. The van der Waals surface area contributed by atoms with Gasteiger partial charge >= 0.3 is 12.4 Å². The number of rotatable bonds is 4. The van der Waals surface area contributed by atoms with Gasteiger partial charge < -0.3 is 4.74 Å². The van der Waals surface area contributed by atoms with Crippen molar-refractivity contribution in [2.75, 3.05) is 0 Å². The molecule has 0 spiro atoms. The number of halogens is 7. The van der Waals surface area contributed by atoms with E-state index < -0.39 is 35.9 Å². The summed E-state index contributed by atoms with van der Waals surface area (Å²) >= 11 is 0. The minimum atomic E-state index is -4.68. The van der Waals surface area contributed by atoms with Gasteiger partial charge in [0, 0.05) is 23.2 Å². The first-order valence-corrected chi connectivity index (χ1v) is 9.17. The van der Waals surface area contributed by atoms with Crippen molar-refractivity contribution < 1.29 is 35.5 Å². The molecule has 3 aromatic carbocycles. The lowest BCUT2D eigenvalue weighted by molar-refractivity contribution is -0.138. The smallest absolute Gasteiger partial charge is 0.418 e. The molecule has 0 aliphatic carbocycles. The summed E-state index contributed by atoms with van der Waals surface area (Å²) in [6.45, 7) is -0.560. The summed E-state index contributed by atoms with van der Waals surface area (Å²) in [6, 6.07) is 11.7. The van der Waals surface area contributed by atoms with Gasteiger partial charge in [-0.05, 0) is 36.4 Å². The maximum atomic E-state index is 13.4. The summed E-state index contributed by atoms with van der Waals surface area (Å²) in [5.74, 6) is -0.704. The molecule has 1 aromatic heterocycles. The second kappa shape index (κ2) is 7.85. The fraction of sp³-hybridized carbons (Fsp3) is 0.136. The summed E-state index contributed by atoms with van der Waals surface area (Å²) in [7, 11) is 0. The number of benzene rings is 3. The molecule has 0 unspecified atom stereocenters. The van der Waals surface area contributed by atoms with Crippen LogP contribution in [0.15, 0.2) is 66.9 Å². The number of ether oxygens (including phenoxy) is 1. The normalized spacial score (nSPS) is 12.3. The number of hydrogen-bond acceptors (Lipinski definition) is 2. The highest BCUT2D eigenvalue weighted by molar-refractivity contribution is 5.82. The van der Waals surface area contributed by atoms with Crippen molar-refractivity contribution in [1.82, 2.24) is 9.78 Å². The molecule has 0 atom stereocenters. The Hall–Kier alpha value is -3.56. The van der Waals surface area contributed by atoms with E-state index in [2.05, 4.69) is 5.10 Å². The molecular formula is C22H13F7N2O. The molecule has 0 saturated carbocycles. The molecule has 0 aliphatic heterocycles. The Balaban J connectivity index is 1.63. The topological polar surface area (TPSA) is 27.1 Å². The van der Waals surface area contributed by atoms with Crippen LogP contribution in [0.25, 0.3) is 16.6 Å². The van der Waals surface area contributed by atoms with Gasteiger partial charge in [-0.1, -0.05) is 18.2 Å². The molecule has 10 heteroatoms. The van der Waals surface area contributed by atoms with Crippen LogP contribution in [0.4, 0.5) is 30.7 Å². The minimum Gasteiger partial charge on any atom is -0.489 e. The van der Waals surface area contributed by atoms with Gasteiger partial charge in [-0.3, -0.25) is 0 Å². The van der Waals surface area contributed by atoms with Crippen molar-refractivity contribution in [3.63, 3.8) is 0 Å². The van der Waals surface area contributed by atoms with Crippen molar-refractivity contribution >= 4 is 10.9 Å². The zero-order chi connectivity index (χ0) is 23.1. The Morgan fingerprint density at radius 1 is 0.812 bits per heavy atom. The molecular weight excluding hydrogens is 441 g/mol. The summed E-state index contributed by atoms with van der Waals surface area (Å²) in [4.78, 5) is 0. The van der Waals surface area contributed by atoms with Crippen LogP contribution in [0.5, 0.6) is 5.75 Å². The van der Waals surface area contributed by atoms with E-state index in [0.717, 1.165) is 12.1 Å². The Labute approximate surface area is 176 Å². The zero-order valence-electron chi connectivity index (χ0n) is 16.0. The predicted octanol–water partition coefficient (Wildman–Crippen LogP) is 6.78. The van der Waals surface area contributed by atoms with E-state index in [-0.39, 0.29) is 22.2 Å². The van der Waals surface area contributed by atoms with Gasteiger partial charge in [0.2, 0.25) is 0 Å². The number of nitrogens with zero attached hydrogens (tertiary/aromatic N) is 2. The Morgan fingerprint density at radius 2 is 1.53 bits per heavy atom. The number of alkyl halides is 6. The van der Waals surface area contributed by atoms with E-state index in [4.69, 9.17) is 4.74 Å². The molecule has 0 radical (unpaired) electrons. The second-order valence-corrected chi connectivity index (χ2v) is 6.90. The van der Waals surface area contributed by atoms with Gasteiger partial charge in [0.1, 0.15) is 23.7 Å². The molecule has 3 nitrogen and oxygen atoms in total. The maximum Gasteiger partial charge on any atom is 0.418 e. The largest absolute Gasteiger partial charge is 0.489 e. The third kappa shape index (κ3) is 4.39. The fourth-order valence-corrected chi connectivity index (χ4v) is 3.24. The molecule has 0 saturated heterocycles. The first-order valence-electron chi connectivity index (χ1n) is 9.17. The van der Waals surface area contributed by atoms with E-state index in [1.807, 2.05) is 0 Å². The van der Waals surface area contributed by atoms with Gasteiger partial charge in [0.05, 0.1) is 16.8 Å². The maximum absolute atomic E-state index is 13.4. The molecule has 4 rings (SSSR count). The first-order chi connectivity index (χ1) is 15.0. The van der Waals surface area contributed by atoms with Crippen LogP contribution in [0.3, 0.4) is 0 Å². The molecule has 0 N–H and O–H groups in total. The van der Waals surface area contributed by atoms with E-state index >= 15 is 0 Å². The minimum absolute atomic E-state index is 0.135. The summed E-state index contributed by atoms with van der Waals surface area (Å²) in [5, 5.41) is 4.27. The first kappa shape index (κ1) is 21.7. The van der Waals surface area contributed by atoms with Crippen molar-refractivity contribution in [1.29, 1.82) is 0 Å². The quantitative estimate of drug-likeness (QED) is 0.318. The Kier molecular flexibility index (Phi) is 5.31. The van der Waals surface area contributed by atoms with Crippen LogP contribution >= 0.6 is 0 Å². The average molecular weight is 454 g/mol. The standard InChI is InChI=1S/C22H13F7N2O/c23-15-7-8-18(21(24,25)26)14(9-15)12-32-17-5-2-4-16(10-17)31-11-13-3-1-6-19(20(13)30-31)22(27,28)29/h1-11H,12H2. The Morgan fingerprint density at radius 3 is 2.25 bits per heavy atom. The third-order valence-electron chi connectivity index (χ3n) is 4.69. The molecule has 4 aromatic rings. The van der Waals surface area contributed by atoms with Crippen molar-refractivity contribution in [2.24, 2.45) is 0 Å². The number of aromatic nitrogens is 2. The number of fused-ring (bicyclic) bond motifs is 1. The predicted molar refractivity (Wildman–Crippen MR) is 102 cm³/mol. The molecule has 166 valence electrons. The molecule has 1 heterocycles. The van der Waals surface area contributed by atoms with Crippen molar-refractivity contribution in [3.8, 4) is 11.4 Å². The van der Waals surface area contributed by atoms with E-state index in [1.165, 1.54) is 41.2 Å². The van der Waals surface area contributed by atoms with Crippen LogP contribution in [-0.2, 0) is 19.0 Å². The van der Waals surface area contributed by atoms with E-state index in [9.17, 15) is 30.7 Å². The van der Waals surface area contributed by atoms with Crippen LogP contribution < -0.4 is 4.74 Å². The lowest BCUT2D eigenvalue weighted by Crippen LogP contribution is -2.11. The summed E-state index contributed by atoms with van der Waals surface area (Å²) < 4.78 is 99.2. The SMILES string of the molecule is Fc1ccc(C(F)(F)F)c(COc2cccc(-n3cc4cccc(C(F)(F)F)c4n3)c2)c1. The van der Waals surface area contributed by atoms with Gasteiger partial charge in [0.15, 0.2) is 0 Å². The van der Waals surface area contributed by atoms with Crippen LogP contribution in [-0.4, -0.2) is 9.78 Å². The average Bonchev–Trinajstić information content (AvgIpc) is 3.15. The second-order valence-electron chi connectivity index (χ2n) is 6.90. The molecule has 0 amide bonds. The van der Waals surface area contributed by atoms with Crippen LogP contribution in [0.2, 0.25) is 0 Å². The Bertz CT molecular complexity index is 1280. The molecule has 0 aliphatic rings. The summed E-state index contributed by atoms with van der Waals surface area (Å²) in [5.41, 5.74) is -2.19. The fourth-order valence-electron chi connectivity index (χ4n) is 3.24. The van der Waals surface area contributed by atoms with Crippen molar-refractivity contribution in [3.05, 3.63) is 89.4 Å². The molecule has 32 heavy (non-hydrogen) atoms. The molecule has 0 bridgehead atoms. The van der Waals surface area contributed by atoms with E-state index in [0.29, 0.717) is 17.8 Å². The van der Waals surface area contributed by atoms with Crippen LogP contribution in [0.1, 0.15) is 16.7 Å². The summed E-state index contributed by atoms with van der Waals surface area (Å²) in [6.07, 6.45) is -7.86. The highest BCUT2D eigenvalue weighted by Crippen LogP contribution is 2.35. The van der Waals surface area contributed by atoms with Gasteiger partial charge in [0.25, 0.3) is 0 Å². The highest BCUT2D eigenvalue weighted by Gasteiger charge is 2.34. The van der Waals surface area contributed by atoms with Gasteiger partial charge in [-0.15, -0.1) is 0 Å².